The van der Waals surface area contributed by atoms with E-state index in [-0.39, 0.29) is 0 Å². The van der Waals surface area contributed by atoms with Crippen molar-refractivity contribution in [1.82, 2.24) is 9.55 Å². The number of aromatic amines is 1. The van der Waals surface area contributed by atoms with Crippen LogP contribution < -0.4 is 11.2 Å². The molecule has 0 saturated carbocycles. The molecule has 0 amide bonds. The fraction of sp³-hybridized carbons (Fsp3) is 0.733. The van der Waals surface area contributed by atoms with Crippen molar-refractivity contribution >= 4 is 15.4 Å². The van der Waals surface area contributed by atoms with Crippen LogP contribution in [0.2, 0.25) is 0 Å². The molecule has 19 nitrogen and oxygen atoms in total. The second kappa shape index (κ2) is 10.4. The van der Waals surface area contributed by atoms with Gasteiger partial charge < -0.3 is 59.5 Å². The Balaban J connectivity index is 1.80. The van der Waals surface area contributed by atoms with Crippen molar-refractivity contribution in [3.8, 4) is 0 Å². The van der Waals surface area contributed by atoms with E-state index in [0.717, 1.165) is 16.8 Å². The number of nitrogens with one attached hydrogen (secondary N) is 1. The second-order valence-corrected chi connectivity index (χ2v) is 11.3. The first kappa shape index (κ1) is 29.2. The molecule has 0 bridgehead atoms. The number of ether oxygens (including phenoxy) is 3. The summed E-state index contributed by atoms with van der Waals surface area (Å²) in [6.45, 7) is -2.47. The van der Waals surface area contributed by atoms with E-state index < -0.39 is 94.4 Å². The molecular formula is C15H24N2O17P2. The van der Waals surface area contributed by atoms with Crippen LogP contribution >= 0.6 is 15.4 Å². The van der Waals surface area contributed by atoms with E-state index in [1.807, 2.05) is 4.98 Å². The van der Waals surface area contributed by atoms with Crippen molar-refractivity contribution in [2.75, 3.05) is 13.2 Å². The van der Waals surface area contributed by atoms with Crippen molar-refractivity contribution in [2.24, 2.45) is 0 Å². The summed E-state index contributed by atoms with van der Waals surface area (Å²) in [6, 6.07) is 0.938. The highest BCUT2D eigenvalue weighted by Gasteiger charge is 2.65. The molecule has 0 spiro atoms. The normalized spacial score (nSPS) is 39.1. The first-order valence-corrected chi connectivity index (χ1v) is 13.0. The Kier molecular flexibility index (Phi) is 8.44. The topological polar surface area (TPSA) is 308 Å². The minimum absolute atomic E-state index is 0.746. The minimum Gasteiger partial charge on any atom is -0.393 e. The van der Waals surface area contributed by atoms with Gasteiger partial charge >= 0.3 is 21.1 Å². The number of aliphatic hydroxyl groups excluding tert-OH is 6. The zero-order valence-corrected chi connectivity index (χ0v) is 19.6. The average Bonchev–Trinajstić information content (AvgIpc) is 3.04. The van der Waals surface area contributed by atoms with Crippen LogP contribution in [0.5, 0.6) is 0 Å². The van der Waals surface area contributed by atoms with E-state index >= 15 is 0 Å². The molecule has 2 aliphatic rings. The van der Waals surface area contributed by atoms with Gasteiger partial charge in [-0.3, -0.25) is 18.9 Å². The number of rotatable bonds is 8. The summed E-state index contributed by atoms with van der Waals surface area (Å²) in [6.07, 6.45) is -14.9. The van der Waals surface area contributed by atoms with Crippen molar-refractivity contribution in [2.45, 2.75) is 54.5 Å². The molecule has 10 atom stereocenters. The van der Waals surface area contributed by atoms with Crippen molar-refractivity contribution in [3.63, 3.8) is 0 Å². The maximum absolute atomic E-state index is 12.5. The lowest BCUT2D eigenvalue weighted by molar-refractivity contribution is -0.322. The van der Waals surface area contributed by atoms with Gasteiger partial charge in [-0.2, -0.15) is 0 Å². The van der Waals surface area contributed by atoms with Crippen LogP contribution in [-0.4, -0.2) is 116 Å². The molecule has 2 saturated heterocycles. The summed E-state index contributed by atoms with van der Waals surface area (Å²) >= 11 is 0. The fourth-order valence-corrected chi connectivity index (χ4v) is 6.28. The number of hydrogen-bond acceptors (Lipinski definition) is 14. The summed E-state index contributed by atoms with van der Waals surface area (Å²) in [4.78, 5) is 53.0. The Morgan fingerprint density at radius 2 is 1.67 bits per heavy atom. The number of hydrogen-bond donors (Lipinski definition) is 10. The fourth-order valence-electron chi connectivity index (χ4n) is 3.67. The lowest BCUT2D eigenvalue weighted by Gasteiger charge is -2.48. The average molecular weight is 566 g/mol. The molecule has 2 fully saturated rings. The van der Waals surface area contributed by atoms with Gasteiger partial charge in [0.05, 0.1) is 13.2 Å². The van der Waals surface area contributed by atoms with E-state index in [1.165, 1.54) is 0 Å². The highest BCUT2D eigenvalue weighted by molar-refractivity contribution is 7.64. The molecule has 0 aliphatic carbocycles. The van der Waals surface area contributed by atoms with Gasteiger partial charge in [0.25, 0.3) is 5.56 Å². The van der Waals surface area contributed by atoms with Gasteiger partial charge in [-0.25, -0.2) is 13.7 Å². The quantitative estimate of drug-likeness (QED) is 0.131. The molecule has 3 rings (SSSR count). The lowest BCUT2D eigenvalue weighted by atomic mass is 9.98. The molecule has 10 N–H and O–H groups in total. The van der Waals surface area contributed by atoms with Crippen LogP contribution in [0.1, 0.15) is 6.23 Å². The summed E-state index contributed by atoms with van der Waals surface area (Å²) in [7, 11) is -11.5. The van der Waals surface area contributed by atoms with Gasteiger partial charge in [-0.1, -0.05) is 0 Å². The van der Waals surface area contributed by atoms with E-state index in [0.29, 0.717) is 0 Å². The van der Waals surface area contributed by atoms with E-state index in [9.17, 15) is 54.3 Å². The van der Waals surface area contributed by atoms with Crippen LogP contribution in [-0.2, 0) is 27.7 Å². The maximum Gasteiger partial charge on any atom is 0.476 e. The largest absolute Gasteiger partial charge is 0.476 e. The predicted octanol–water partition coefficient (Wildman–Crippen LogP) is -5.41. The monoisotopic (exact) mass is 566 g/mol. The predicted molar refractivity (Wildman–Crippen MR) is 109 cm³/mol. The van der Waals surface area contributed by atoms with E-state index in [1.54, 1.807) is 0 Å². The molecule has 2 aliphatic heterocycles. The van der Waals surface area contributed by atoms with Crippen LogP contribution in [0.25, 0.3) is 0 Å². The zero-order valence-electron chi connectivity index (χ0n) is 17.8. The third-order valence-electron chi connectivity index (χ3n) is 5.54. The van der Waals surface area contributed by atoms with E-state index in [4.69, 9.17) is 24.0 Å². The standard InChI is InChI=1S/C15H24N2O17P2/c18-4-15(35(26,27)34-36(28,29)30)11(24)8(21)10(23)13(33-15)31-3-5-7(20)9(22)12(32-5)17-2-1-6(19)16-14(17)25/h1-2,5,7-13,18,20-24H,3-4H2,(H,26,27)(H,16,19,25)(H2,28,29,30)/t5-,7-,8-,9-,10-,11-,12-,13+,15+/m1/s1. The number of phosphoric acid groups is 1. The van der Waals surface area contributed by atoms with Gasteiger partial charge in [0.2, 0.25) is 5.34 Å². The van der Waals surface area contributed by atoms with Crippen LogP contribution in [0.4, 0.5) is 0 Å². The van der Waals surface area contributed by atoms with E-state index in [2.05, 4.69) is 4.31 Å². The smallest absolute Gasteiger partial charge is 0.393 e. The number of H-pyrrole nitrogens is 1. The maximum atomic E-state index is 12.5. The molecule has 21 heteroatoms. The summed E-state index contributed by atoms with van der Waals surface area (Å²) < 4.78 is 43.7. The van der Waals surface area contributed by atoms with Gasteiger partial charge in [0, 0.05) is 12.3 Å². The van der Waals surface area contributed by atoms with Crippen molar-refractivity contribution in [1.29, 1.82) is 0 Å². The Morgan fingerprint density at radius 1 is 1.03 bits per heavy atom. The lowest BCUT2D eigenvalue weighted by Crippen LogP contribution is -2.66. The van der Waals surface area contributed by atoms with Crippen LogP contribution in [0, 0.1) is 0 Å². The molecular weight excluding hydrogens is 542 g/mol. The van der Waals surface area contributed by atoms with Gasteiger partial charge in [-0.15, -0.1) is 0 Å². The minimum atomic E-state index is -5.83. The van der Waals surface area contributed by atoms with Crippen molar-refractivity contribution < 1.29 is 73.0 Å². The first-order chi connectivity index (χ1) is 16.5. The summed E-state index contributed by atoms with van der Waals surface area (Å²) in [5, 5.41) is 57.4. The molecule has 206 valence electrons. The highest BCUT2D eigenvalue weighted by atomic mass is 31.3. The van der Waals surface area contributed by atoms with Gasteiger partial charge in [-0.05, 0) is 0 Å². The summed E-state index contributed by atoms with van der Waals surface area (Å²) in [5.41, 5.74) is -1.73. The van der Waals surface area contributed by atoms with Gasteiger partial charge in [0.1, 0.15) is 36.6 Å². The Bertz CT molecular complexity index is 1150. The van der Waals surface area contributed by atoms with Crippen LogP contribution in [0.3, 0.4) is 0 Å². The molecule has 1 aromatic rings. The highest BCUT2D eigenvalue weighted by Crippen LogP contribution is 2.67. The molecule has 0 aromatic carbocycles. The Morgan fingerprint density at radius 3 is 2.22 bits per heavy atom. The number of aromatic nitrogens is 2. The van der Waals surface area contributed by atoms with Crippen LogP contribution in [0.15, 0.2) is 21.9 Å². The third-order valence-corrected chi connectivity index (χ3v) is 8.75. The van der Waals surface area contributed by atoms with Crippen molar-refractivity contribution in [3.05, 3.63) is 33.1 Å². The molecule has 36 heavy (non-hydrogen) atoms. The van der Waals surface area contributed by atoms with Gasteiger partial charge in [0.15, 0.2) is 12.5 Å². The molecule has 1 aromatic heterocycles. The first-order valence-electron chi connectivity index (χ1n) is 9.92. The number of aliphatic hydroxyl groups is 6. The summed E-state index contributed by atoms with van der Waals surface area (Å²) in [5.74, 6) is 0. The second-order valence-electron chi connectivity index (χ2n) is 7.90. The molecule has 3 heterocycles. The molecule has 0 radical (unpaired) electrons. The Hall–Kier alpha value is -1.38. The molecule has 1 unspecified atom stereocenters. The zero-order chi connectivity index (χ0) is 27.2. The number of nitrogens with zero attached hydrogens (tertiary/aromatic N) is 1. The SMILES string of the molecule is O=c1ccn([C@@H]2O[C@H](CO[C@H]3O[C@@](CO)(P(=O)(O)OP(=O)(O)O)[C@H](O)[C@H](O)[C@H]3O)[C@@H](O)[C@H]2O)c(=O)[nH]1. The third kappa shape index (κ3) is 5.41. The Labute approximate surface area is 199 Å².